The van der Waals surface area contributed by atoms with Gasteiger partial charge < -0.3 is 10.5 Å². The molecule has 6 nitrogen and oxygen atoms in total. The molecule has 0 spiro atoms. The molecular weight excluding hydrogens is 309 g/mol. The zero-order chi connectivity index (χ0) is 12.4. The molecule has 1 aromatic carbocycles. The summed E-state index contributed by atoms with van der Waals surface area (Å²) in [6, 6.07) is 3.32. The van der Waals surface area contributed by atoms with E-state index >= 15 is 0 Å². The van der Waals surface area contributed by atoms with E-state index < -0.39 is 0 Å². The Morgan fingerprint density at radius 1 is 1.53 bits per heavy atom. The van der Waals surface area contributed by atoms with Gasteiger partial charge in [0, 0.05) is 5.02 Å². The number of halogens is 2. The third kappa shape index (κ3) is 2.86. The molecule has 0 fully saturated rings. The van der Waals surface area contributed by atoms with Gasteiger partial charge >= 0.3 is 0 Å². The highest BCUT2D eigenvalue weighted by atomic mass is 79.9. The van der Waals surface area contributed by atoms with Gasteiger partial charge in [-0.15, -0.1) is 10.2 Å². The van der Waals surface area contributed by atoms with Crippen molar-refractivity contribution in [2.75, 3.05) is 5.73 Å². The summed E-state index contributed by atoms with van der Waals surface area (Å²) in [5, 5.41) is 12.0. The van der Waals surface area contributed by atoms with Crippen LogP contribution in [0.3, 0.4) is 0 Å². The Labute approximate surface area is 111 Å². The van der Waals surface area contributed by atoms with E-state index in [1.165, 1.54) is 4.80 Å². The molecule has 17 heavy (non-hydrogen) atoms. The lowest BCUT2D eigenvalue weighted by atomic mass is 10.3. The SMILES string of the molecule is Cn1nnc(COc2c(N)cc(Cl)cc2Br)n1. The first-order chi connectivity index (χ1) is 8.06. The molecule has 0 atom stereocenters. The quantitative estimate of drug-likeness (QED) is 0.873. The van der Waals surface area contributed by atoms with Crippen molar-refractivity contribution in [3.8, 4) is 5.75 Å². The highest BCUT2D eigenvalue weighted by Crippen LogP contribution is 2.34. The molecule has 0 radical (unpaired) electrons. The Kier molecular flexibility index (Phi) is 3.49. The number of anilines is 1. The summed E-state index contributed by atoms with van der Waals surface area (Å²) in [7, 11) is 1.68. The number of rotatable bonds is 3. The highest BCUT2D eigenvalue weighted by molar-refractivity contribution is 9.10. The lowest BCUT2D eigenvalue weighted by Crippen LogP contribution is -2.02. The van der Waals surface area contributed by atoms with Gasteiger partial charge in [-0.1, -0.05) is 11.6 Å². The summed E-state index contributed by atoms with van der Waals surface area (Å²) in [5.74, 6) is 0.996. The lowest BCUT2D eigenvalue weighted by Gasteiger charge is -2.09. The summed E-state index contributed by atoms with van der Waals surface area (Å²) in [6.07, 6.45) is 0. The van der Waals surface area contributed by atoms with Gasteiger partial charge in [-0.25, -0.2) is 0 Å². The Bertz CT molecular complexity index is 521. The fourth-order valence-electron chi connectivity index (χ4n) is 1.25. The standard InChI is InChI=1S/C9H9BrClN5O/c1-16-14-8(13-15-16)4-17-9-6(10)2-5(11)3-7(9)12/h2-3H,4,12H2,1H3. The first-order valence-corrected chi connectivity index (χ1v) is 5.83. The molecule has 0 saturated heterocycles. The van der Waals surface area contributed by atoms with Crippen LogP contribution in [0.4, 0.5) is 5.69 Å². The number of nitrogens with two attached hydrogens (primary N) is 1. The van der Waals surface area contributed by atoms with Crippen molar-refractivity contribution < 1.29 is 4.74 Å². The molecule has 0 saturated carbocycles. The number of aryl methyl sites for hydroxylation is 1. The van der Waals surface area contributed by atoms with Gasteiger partial charge in [0.1, 0.15) is 0 Å². The molecule has 0 aliphatic heterocycles. The van der Waals surface area contributed by atoms with E-state index in [-0.39, 0.29) is 6.61 Å². The predicted octanol–water partition coefficient (Wildman–Crippen LogP) is 1.79. The average molecular weight is 319 g/mol. The molecule has 0 unspecified atom stereocenters. The number of hydrogen-bond donors (Lipinski definition) is 1. The van der Waals surface area contributed by atoms with E-state index in [2.05, 4.69) is 31.3 Å². The van der Waals surface area contributed by atoms with Crippen LogP contribution in [-0.4, -0.2) is 20.2 Å². The number of benzene rings is 1. The summed E-state index contributed by atoms with van der Waals surface area (Å²) in [6.45, 7) is 0.193. The van der Waals surface area contributed by atoms with Gasteiger partial charge in [-0.2, -0.15) is 4.80 Å². The molecule has 1 aromatic heterocycles. The maximum atomic E-state index is 5.84. The molecule has 2 rings (SSSR count). The van der Waals surface area contributed by atoms with E-state index in [9.17, 15) is 0 Å². The largest absolute Gasteiger partial charge is 0.482 e. The van der Waals surface area contributed by atoms with Gasteiger partial charge in [0.15, 0.2) is 12.4 Å². The van der Waals surface area contributed by atoms with Crippen LogP contribution in [0.1, 0.15) is 5.82 Å². The van der Waals surface area contributed by atoms with Gasteiger partial charge in [-0.3, -0.25) is 0 Å². The molecule has 2 aromatic rings. The normalized spacial score (nSPS) is 10.5. The summed E-state index contributed by atoms with van der Waals surface area (Å²) < 4.78 is 6.20. The van der Waals surface area contributed by atoms with Crippen molar-refractivity contribution in [2.24, 2.45) is 7.05 Å². The molecule has 0 amide bonds. The van der Waals surface area contributed by atoms with E-state index in [0.717, 1.165) is 0 Å². The van der Waals surface area contributed by atoms with Crippen molar-refractivity contribution in [3.63, 3.8) is 0 Å². The van der Waals surface area contributed by atoms with Crippen LogP contribution in [-0.2, 0) is 13.7 Å². The molecule has 0 bridgehead atoms. The van der Waals surface area contributed by atoms with Crippen LogP contribution in [0.15, 0.2) is 16.6 Å². The van der Waals surface area contributed by atoms with Crippen molar-refractivity contribution in [1.82, 2.24) is 20.2 Å². The molecular formula is C9H9BrClN5O. The Morgan fingerprint density at radius 3 is 2.88 bits per heavy atom. The van der Waals surface area contributed by atoms with Crippen LogP contribution in [0.25, 0.3) is 0 Å². The van der Waals surface area contributed by atoms with Crippen LogP contribution in [0.5, 0.6) is 5.75 Å². The summed E-state index contributed by atoms with van der Waals surface area (Å²) in [5.41, 5.74) is 6.24. The second-order valence-corrected chi connectivity index (χ2v) is 4.58. The number of hydrogen-bond acceptors (Lipinski definition) is 5. The minimum atomic E-state index is 0.193. The molecule has 90 valence electrons. The fourth-order valence-corrected chi connectivity index (χ4v) is 2.20. The minimum Gasteiger partial charge on any atom is -0.482 e. The zero-order valence-electron chi connectivity index (χ0n) is 8.89. The van der Waals surface area contributed by atoms with Gasteiger partial charge in [0.2, 0.25) is 5.82 Å². The molecule has 8 heteroatoms. The van der Waals surface area contributed by atoms with Crippen molar-refractivity contribution >= 4 is 33.2 Å². The molecule has 0 aliphatic rings. The number of nitrogens with zero attached hydrogens (tertiary/aromatic N) is 4. The predicted molar refractivity (Wildman–Crippen MR) is 66.7 cm³/mol. The minimum absolute atomic E-state index is 0.193. The second kappa shape index (κ2) is 4.89. The van der Waals surface area contributed by atoms with Crippen LogP contribution in [0, 0.1) is 0 Å². The maximum Gasteiger partial charge on any atom is 0.212 e. The Balaban J connectivity index is 2.14. The molecule has 0 aliphatic carbocycles. The molecule has 1 heterocycles. The zero-order valence-corrected chi connectivity index (χ0v) is 11.2. The fraction of sp³-hybridized carbons (Fsp3) is 0.222. The van der Waals surface area contributed by atoms with Crippen molar-refractivity contribution in [2.45, 2.75) is 6.61 Å². The Hall–Kier alpha value is -1.34. The van der Waals surface area contributed by atoms with E-state index in [4.69, 9.17) is 22.1 Å². The lowest BCUT2D eigenvalue weighted by molar-refractivity contribution is 0.295. The van der Waals surface area contributed by atoms with E-state index in [1.54, 1.807) is 19.2 Å². The first kappa shape index (κ1) is 12.1. The van der Waals surface area contributed by atoms with Crippen molar-refractivity contribution in [1.29, 1.82) is 0 Å². The van der Waals surface area contributed by atoms with Crippen LogP contribution in [0.2, 0.25) is 5.02 Å². The highest BCUT2D eigenvalue weighted by Gasteiger charge is 2.09. The summed E-state index contributed by atoms with van der Waals surface area (Å²) in [4.78, 5) is 1.36. The first-order valence-electron chi connectivity index (χ1n) is 4.66. The smallest absolute Gasteiger partial charge is 0.212 e. The van der Waals surface area contributed by atoms with Gasteiger partial charge in [0.05, 0.1) is 17.2 Å². The number of tetrazole rings is 1. The third-order valence-electron chi connectivity index (χ3n) is 1.93. The number of nitrogen functional groups attached to an aromatic ring is 1. The second-order valence-electron chi connectivity index (χ2n) is 3.29. The van der Waals surface area contributed by atoms with E-state index in [1.807, 2.05) is 0 Å². The summed E-state index contributed by atoms with van der Waals surface area (Å²) >= 11 is 9.16. The monoisotopic (exact) mass is 317 g/mol. The van der Waals surface area contributed by atoms with Crippen LogP contribution < -0.4 is 10.5 Å². The molecule has 2 N–H and O–H groups in total. The third-order valence-corrected chi connectivity index (χ3v) is 2.74. The Morgan fingerprint density at radius 2 is 2.29 bits per heavy atom. The van der Waals surface area contributed by atoms with Gasteiger partial charge in [-0.05, 0) is 33.3 Å². The van der Waals surface area contributed by atoms with Gasteiger partial charge in [0.25, 0.3) is 0 Å². The number of aromatic nitrogens is 4. The van der Waals surface area contributed by atoms with Crippen LogP contribution >= 0.6 is 27.5 Å². The maximum absolute atomic E-state index is 5.84. The topological polar surface area (TPSA) is 78.8 Å². The van der Waals surface area contributed by atoms with Crippen molar-refractivity contribution in [3.05, 3.63) is 27.5 Å². The number of ether oxygens (including phenoxy) is 1. The van der Waals surface area contributed by atoms with E-state index in [0.29, 0.717) is 26.8 Å². The average Bonchev–Trinajstić information content (AvgIpc) is 2.62.